The van der Waals surface area contributed by atoms with Gasteiger partial charge >= 0.3 is 6.03 Å². The predicted octanol–water partition coefficient (Wildman–Crippen LogP) is 1.53. The summed E-state index contributed by atoms with van der Waals surface area (Å²) in [6.07, 6.45) is 11.7. The lowest BCUT2D eigenvalue weighted by atomic mass is 10.1. The zero-order chi connectivity index (χ0) is 44.9. The predicted molar refractivity (Wildman–Crippen MR) is 245 cm³/mol. The minimum Gasteiger partial charge on any atom is -0.376 e. The van der Waals surface area contributed by atoms with E-state index in [2.05, 4.69) is 38.5 Å². The summed E-state index contributed by atoms with van der Waals surface area (Å²) in [5, 5.41) is 10.1. The van der Waals surface area contributed by atoms with Gasteiger partial charge in [0.05, 0.1) is 25.7 Å². The third-order valence-corrected chi connectivity index (χ3v) is 10.4. The Morgan fingerprint density at radius 3 is 2.06 bits per heavy atom. The number of para-hydroxylation sites is 2. The van der Waals surface area contributed by atoms with Crippen LogP contribution in [0.25, 0.3) is 21.8 Å². The molecule has 0 bridgehead atoms. The average Bonchev–Trinajstić information content (AvgIpc) is 3.88. The molecule has 1 aliphatic rings. The highest BCUT2D eigenvalue weighted by atomic mass is 32.1. The zero-order valence-electron chi connectivity index (χ0n) is 35.6. The molecule has 17 nitrogen and oxygen atoms in total. The first-order valence-electron chi connectivity index (χ1n) is 20.7. The van der Waals surface area contributed by atoms with Gasteiger partial charge in [-0.25, -0.2) is 4.79 Å². The Bertz CT molecular complexity index is 2170. The van der Waals surface area contributed by atoms with E-state index >= 15 is 0 Å². The largest absolute Gasteiger partial charge is 0.376 e. The van der Waals surface area contributed by atoms with Crippen LogP contribution >= 0.6 is 12.6 Å². The van der Waals surface area contributed by atoms with Crippen LogP contribution < -0.4 is 27.4 Å². The van der Waals surface area contributed by atoms with E-state index in [0.29, 0.717) is 32.1 Å². The van der Waals surface area contributed by atoms with Crippen molar-refractivity contribution >= 4 is 70.4 Å². The molecule has 1 atom stereocenters. The van der Waals surface area contributed by atoms with Crippen LogP contribution in [0.5, 0.6) is 0 Å². The maximum atomic E-state index is 14.2. The lowest BCUT2D eigenvalue weighted by Crippen LogP contribution is -2.51. The topological polar surface area (TPSA) is 235 Å². The summed E-state index contributed by atoms with van der Waals surface area (Å²) in [7, 11) is 3.81. The number of carbonyl (C=O) groups excluding carboxylic acids is 6. The molecule has 6 amide bonds. The van der Waals surface area contributed by atoms with Crippen LogP contribution in [0.3, 0.4) is 0 Å². The van der Waals surface area contributed by atoms with E-state index in [1.165, 1.54) is 14.7 Å². The Morgan fingerprint density at radius 1 is 0.871 bits per heavy atom. The van der Waals surface area contributed by atoms with Crippen molar-refractivity contribution in [1.82, 2.24) is 45.5 Å². The number of aromatic nitrogens is 2. The number of aromatic amines is 2. The van der Waals surface area contributed by atoms with Crippen molar-refractivity contribution in [1.29, 1.82) is 0 Å². The van der Waals surface area contributed by atoms with Gasteiger partial charge in [0.1, 0.15) is 12.8 Å². The van der Waals surface area contributed by atoms with E-state index in [9.17, 15) is 28.8 Å². The number of carbonyl (C=O) groups is 6. The lowest BCUT2D eigenvalue weighted by Gasteiger charge is -2.30. The molecule has 2 aromatic heterocycles. The molecule has 4 aromatic rings. The average molecular weight is 872 g/mol. The monoisotopic (exact) mass is 871 g/mol. The molecule has 1 unspecified atom stereocenters. The van der Waals surface area contributed by atoms with Gasteiger partial charge in [0.25, 0.3) is 0 Å². The number of nitrogens with one attached hydrogen (secondary N) is 5. The second-order valence-electron chi connectivity index (χ2n) is 14.9. The molecule has 0 fully saturated rings. The van der Waals surface area contributed by atoms with Crippen molar-refractivity contribution < 1.29 is 28.8 Å². The number of H-pyrrole nitrogens is 2. The molecule has 18 heteroatoms. The number of aldehydes is 1. The number of fused-ring (bicyclic) bond motifs is 2. The molecule has 1 aliphatic heterocycles. The molecule has 0 saturated heterocycles. The van der Waals surface area contributed by atoms with Crippen molar-refractivity contribution in [3.8, 4) is 0 Å². The molecular weight excluding hydrogens is 811 g/mol. The van der Waals surface area contributed by atoms with E-state index in [1.807, 2.05) is 98.3 Å². The van der Waals surface area contributed by atoms with Gasteiger partial charge in [-0.3, -0.25) is 19.2 Å². The van der Waals surface area contributed by atoms with Gasteiger partial charge in [-0.2, -0.15) is 12.6 Å². The molecule has 5 rings (SSSR count). The summed E-state index contributed by atoms with van der Waals surface area (Å²) in [5.74, 6) is -1.03. The number of nitrogens with two attached hydrogens (primary N) is 2. The van der Waals surface area contributed by atoms with Crippen molar-refractivity contribution in [3.63, 3.8) is 0 Å². The molecule has 334 valence electrons. The van der Waals surface area contributed by atoms with Crippen molar-refractivity contribution in [2.75, 3.05) is 85.3 Å². The first-order chi connectivity index (χ1) is 29.9. The number of rotatable bonds is 23. The Hall–Kier alpha value is -6.11. The van der Waals surface area contributed by atoms with Crippen LogP contribution in [0.15, 0.2) is 84.8 Å². The lowest BCUT2D eigenvalue weighted by molar-refractivity contribution is -0.142. The summed E-state index contributed by atoms with van der Waals surface area (Å²) in [4.78, 5) is 89.9. The molecule has 0 radical (unpaired) electrons. The highest BCUT2D eigenvalue weighted by molar-refractivity contribution is 7.80. The van der Waals surface area contributed by atoms with E-state index < -0.39 is 35.7 Å². The van der Waals surface area contributed by atoms with E-state index in [0.717, 1.165) is 50.8 Å². The minimum atomic E-state index is -0.961. The summed E-state index contributed by atoms with van der Waals surface area (Å²) >= 11 is 3.94. The number of likely N-dealkylation sites (N-methyl/N-ethyl adjacent to an activating group) is 1. The highest BCUT2D eigenvalue weighted by Crippen LogP contribution is 2.20. The number of benzene rings is 2. The third kappa shape index (κ3) is 15.4. The summed E-state index contributed by atoms with van der Waals surface area (Å²) < 4.78 is 0. The van der Waals surface area contributed by atoms with Crippen LogP contribution in [-0.4, -0.2) is 157 Å². The van der Waals surface area contributed by atoms with Crippen LogP contribution in [0.1, 0.15) is 24.0 Å². The Kier molecular flexibility index (Phi) is 20.1. The standard InChI is InChI=1S/C41H52N10O6.C3H9NS/c1-48-17-7-8-29(25-48)26-51(40(56)34(42)11-6-16-44-41(43)57)28-39(55)50(19-15-31-23-46-36-13-5-3-10-33(31)36)27-37(53)47-24-38(54)49(20-21-52)18-14-30-22-45-35-12-4-2-9-32(30)35;1-4-2-3-5/h2-5,7-10,12-13,21-23,25,34,45-46H,6,11,14-20,24,26-28,42H2,1H3,(H,47,53)(H3,43,44,57);4-5H,2-3H2,1H3. The summed E-state index contributed by atoms with van der Waals surface area (Å²) in [5.41, 5.74) is 16.1. The van der Waals surface area contributed by atoms with Gasteiger partial charge in [-0.15, -0.1) is 0 Å². The normalized spacial score (nSPS) is 12.5. The molecule has 2 aromatic carbocycles. The minimum absolute atomic E-state index is 0.0980. The Balaban J connectivity index is 0.00000160. The van der Waals surface area contributed by atoms with Crippen molar-refractivity contribution in [2.24, 2.45) is 11.5 Å². The SMILES string of the molecule is CN1C=C(CN(CC(=O)N(CCc2c[nH]c3ccccc23)CC(=O)NCC(=O)N(CC=O)CCc2c[nH]c3ccccc23)C(=O)C(N)CCCNC(N)=O)C=CC1.CNCCS. The fourth-order valence-electron chi connectivity index (χ4n) is 6.94. The number of hydrogen-bond donors (Lipinski definition) is 8. The van der Waals surface area contributed by atoms with E-state index in [1.54, 1.807) is 0 Å². The quantitative estimate of drug-likeness (QED) is 0.0306. The number of amides is 6. The van der Waals surface area contributed by atoms with Crippen LogP contribution in [0.4, 0.5) is 4.79 Å². The van der Waals surface area contributed by atoms with Crippen molar-refractivity contribution in [3.05, 3.63) is 96.0 Å². The van der Waals surface area contributed by atoms with E-state index in [4.69, 9.17) is 11.5 Å². The first-order valence-corrected chi connectivity index (χ1v) is 21.3. The number of nitrogens with zero attached hydrogens (tertiary/aromatic N) is 4. The zero-order valence-corrected chi connectivity index (χ0v) is 36.5. The van der Waals surface area contributed by atoms with Gasteiger partial charge in [0, 0.05) is 92.5 Å². The van der Waals surface area contributed by atoms with Gasteiger partial charge in [-0.05, 0) is 61.6 Å². The highest BCUT2D eigenvalue weighted by Gasteiger charge is 2.28. The first kappa shape index (κ1) is 48.6. The Labute approximate surface area is 368 Å². The molecule has 0 spiro atoms. The van der Waals surface area contributed by atoms with Crippen LogP contribution in [0.2, 0.25) is 0 Å². The number of hydrogen-bond acceptors (Lipinski definition) is 10. The third-order valence-electron chi connectivity index (χ3n) is 10.2. The maximum absolute atomic E-state index is 14.2. The van der Waals surface area contributed by atoms with Crippen LogP contribution in [0, 0.1) is 0 Å². The van der Waals surface area contributed by atoms with Crippen LogP contribution in [-0.2, 0) is 36.8 Å². The molecule has 9 N–H and O–H groups in total. The second-order valence-corrected chi connectivity index (χ2v) is 15.4. The van der Waals surface area contributed by atoms with Gasteiger partial charge in [-0.1, -0.05) is 48.6 Å². The molecule has 0 aliphatic carbocycles. The molecule has 62 heavy (non-hydrogen) atoms. The number of primary amides is 1. The smallest absolute Gasteiger partial charge is 0.312 e. The molecular formula is C44H61N11O6S. The summed E-state index contributed by atoms with van der Waals surface area (Å²) in [6.45, 7) is 1.19. The number of thiol groups is 1. The second kappa shape index (κ2) is 25.6. The van der Waals surface area contributed by atoms with Gasteiger partial charge in [0.2, 0.25) is 23.6 Å². The van der Waals surface area contributed by atoms with Gasteiger partial charge in [0.15, 0.2) is 0 Å². The fraction of sp³-hybridized carbons (Fsp3) is 0.409. The fourth-order valence-corrected chi connectivity index (χ4v) is 7.17. The summed E-state index contributed by atoms with van der Waals surface area (Å²) in [6, 6.07) is 13.9. The number of urea groups is 1. The Morgan fingerprint density at radius 2 is 1.50 bits per heavy atom. The van der Waals surface area contributed by atoms with Crippen molar-refractivity contribution in [2.45, 2.75) is 31.7 Å². The molecule has 3 heterocycles. The maximum Gasteiger partial charge on any atom is 0.312 e. The molecule has 0 saturated carbocycles. The van der Waals surface area contributed by atoms with E-state index in [-0.39, 0.29) is 58.8 Å². The van der Waals surface area contributed by atoms with Gasteiger partial charge < -0.3 is 61.8 Å².